The first-order valence-corrected chi connectivity index (χ1v) is 12.3. The maximum Gasteiger partial charge on any atom is 0.356 e. The molecule has 182 valence electrons. The third kappa shape index (κ3) is 7.26. The number of rotatable bonds is 14. The van der Waals surface area contributed by atoms with Gasteiger partial charge in [-0.25, -0.2) is 5.06 Å². The van der Waals surface area contributed by atoms with Gasteiger partial charge in [-0.05, 0) is 19.4 Å². The van der Waals surface area contributed by atoms with Gasteiger partial charge in [0.25, 0.3) is 5.56 Å². The molecule has 1 aromatic carbocycles. The van der Waals surface area contributed by atoms with Crippen LogP contribution in [0.2, 0.25) is 0 Å². The van der Waals surface area contributed by atoms with Crippen molar-refractivity contribution in [1.82, 2.24) is 9.97 Å². The van der Waals surface area contributed by atoms with Crippen molar-refractivity contribution in [2.75, 3.05) is 55.6 Å². The van der Waals surface area contributed by atoms with E-state index in [0.717, 1.165) is 5.56 Å². The Morgan fingerprint density at radius 3 is 2.61 bits per heavy atom. The van der Waals surface area contributed by atoms with E-state index in [-0.39, 0.29) is 56.9 Å². The molecule has 13 heteroatoms. The average molecular weight is 483 g/mol. The van der Waals surface area contributed by atoms with Crippen LogP contribution in [0.4, 0.5) is 17.5 Å². The fourth-order valence-corrected chi connectivity index (χ4v) is 4.46. The number of anilines is 3. The van der Waals surface area contributed by atoms with Crippen LogP contribution in [0.15, 0.2) is 35.1 Å². The van der Waals surface area contributed by atoms with Crippen LogP contribution >= 0.6 is 7.60 Å². The number of aromatic amines is 1. The van der Waals surface area contributed by atoms with Crippen LogP contribution in [0.3, 0.4) is 0 Å². The molecule has 3 rings (SSSR count). The Morgan fingerprint density at radius 2 is 1.91 bits per heavy atom. The number of H-pyrrole nitrogens is 1. The number of ether oxygens (including phenoxy) is 2. The quantitative estimate of drug-likeness (QED) is 0.340. The predicted molar refractivity (Wildman–Crippen MR) is 123 cm³/mol. The number of nitrogens with zero attached hydrogens (tertiary/aromatic N) is 2. The summed E-state index contributed by atoms with van der Waals surface area (Å²) in [4.78, 5) is 24.4. The Balaban J connectivity index is 1.62. The van der Waals surface area contributed by atoms with Gasteiger partial charge in [-0.15, -0.1) is 0 Å². The number of nitrogens with two attached hydrogens (primary N) is 1. The Morgan fingerprint density at radius 1 is 1.18 bits per heavy atom. The minimum atomic E-state index is -3.41. The summed E-state index contributed by atoms with van der Waals surface area (Å²) >= 11 is 0. The van der Waals surface area contributed by atoms with Crippen molar-refractivity contribution in [3.63, 3.8) is 0 Å². The monoisotopic (exact) mass is 483 g/mol. The number of hydrogen-bond donors (Lipinski definition) is 3. The molecule has 12 nitrogen and oxygen atoms in total. The van der Waals surface area contributed by atoms with E-state index in [1.807, 2.05) is 30.3 Å². The fraction of sp³-hybridized carbons (Fsp3) is 0.500. The molecule has 0 amide bonds. The van der Waals surface area contributed by atoms with Gasteiger partial charge in [-0.2, -0.15) is 4.98 Å². The summed E-state index contributed by atoms with van der Waals surface area (Å²) in [5.74, 6) is 0.249. The summed E-state index contributed by atoms with van der Waals surface area (Å²) in [7, 11) is -3.41. The van der Waals surface area contributed by atoms with Gasteiger partial charge >= 0.3 is 7.60 Å². The Hall–Kier alpha value is -2.47. The van der Waals surface area contributed by atoms with Crippen molar-refractivity contribution < 1.29 is 27.9 Å². The lowest BCUT2D eigenvalue weighted by molar-refractivity contribution is -0.0588. The van der Waals surface area contributed by atoms with E-state index in [1.165, 1.54) is 5.06 Å². The largest absolute Gasteiger partial charge is 0.374 e. The standard InChI is InChI=1S/C20H30N5O7P/c1-3-31-33(27,32-4-2)14-29-16(11-28-10-15-8-6-5-7-9-15)12-30-25-13-22-17-18(25)23-20(21)24-19(17)26/h5-9,16,22H,3-4,10-14H2,1-2H3,(H3,21,23,24,26). The Kier molecular flexibility index (Phi) is 9.24. The first-order chi connectivity index (χ1) is 15.9. The second kappa shape index (κ2) is 12.1. The van der Waals surface area contributed by atoms with E-state index in [9.17, 15) is 9.36 Å². The predicted octanol–water partition coefficient (Wildman–Crippen LogP) is 2.30. The van der Waals surface area contributed by atoms with Crippen LogP contribution in [-0.4, -0.2) is 55.5 Å². The van der Waals surface area contributed by atoms with Crippen molar-refractivity contribution in [3.8, 4) is 0 Å². The smallest absolute Gasteiger partial charge is 0.356 e. The molecule has 1 atom stereocenters. The van der Waals surface area contributed by atoms with Gasteiger partial charge in [0.1, 0.15) is 31.4 Å². The summed E-state index contributed by atoms with van der Waals surface area (Å²) in [5.41, 5.74) is 6.52. The highest BCUT2D eigenvalue weighted by molar-refractivity contribution is 7.53. The lowest BCUT2D eigenvalue weighted by Gasteiger charge is -2.24. The van der Waals surface area contributed by atoms with Crippen molar-refractivity contribution >= 4 is 25.0 Å². The Labute approximate surface area is 191 Å². The van der Waals surface area contributed by atoms with Crippen LogP contribution in [0, 0.1) is 0 Å². The molecule has 1 aromatic heterocycles. The van der Waals surface area contributed by atoms with Crippen LogP contribution in [-0.2, 0) is 34.5 Å². The molecular formula is C20H30N5O7P. The van der Waals surface area contributed by atoms with E-state index < -0.39 is 19.3 Å². The summed E-state index contributed by atoms with van der Waals surface area (Å²) < 4.78 is 35.0. The molecule has 33 heavy (non-hydrogen) atoms. The highest BCUT2D eigenvalue weighted by atomic mass is 31.2. The molecule has 0 saturated heterocycles. The van der Waals surface area contributed by atoms with Crippen LogP contribution in [0.5, 0.6) is 0 Å². The van der Waals surface area contributed by atoms with Crippen LogP contribution in [0.1, 0.15) is 19.4 Å². The third-order valence-corrected chi connectivity index (χ3v) is 6.27. The Bertz CT molecular complexity index is 981. The van der Waals surface area contributed by atoms with E-state index in [1.54, 1.807) is 13.8 Å². The molecule has 4 N–H and O–H groups in total. The molecule has 2 heterocycles. The third-order valence-electron chi connectivity index (χ3n) is 4.51. The molecular weight excluding hydrogens is 453 g/mol. The van der Waals surface area contributed by atoms with Gasteiger partial charge in [0.15, 0.2) is 5.82 Å². The zero-order valence-electron chi connectivity index (χ0n) is 18.7. The highest BCUT2D eigenvalue weighted by Crippen LogP contribution is 2.48. The zero-order valence-corrected chi connectivity index (χ0v) is 19.6. The van der Waals surface area contributed by atoms with E-state index in [2.05, 4.69) is 15.3 Å². The molecule has 0 radical (unpaired) electrons. The molecule has 1 unspecified atom stereocenters. The molecule has 0 aliphatic carbocycles. The van der Waals surface area contributed by atoms with Crippen molar-refractivity contribution in [3.05, 3.63) is 46.2 Å². The molecule has 0 spiro atoms. The van der Waals surface area contributed by atoms with Gasteiger partial charge in [-0.3, -0.25) is 19.2 Å². The summed E-state index contributed by atoms with van der Waals surface area (Å²) in [6, 6.07) is 9.68. The number of fused-ring (bicyclic) bond motifs is 1. The summed E-state index contributed by atoms with van der Waals surface area (Å²) in [6.07, 6.45) is -0.858. The average Bonchev–Trinajstić information content (AvgIpc) is 3.19. The normalized spacial score (nSPS) is 14.2. The van der Waals surface area contributed by atoms with Crippen molar-refractivity contribution in [2.45, 2.75) is 26.6 Å². The van der Waals surface area contributed by atoms with Gasteiger partial charge in [0, 0.05) is 0 Å². The summed E-state index contributed by atoms with van der Waals surface area (Å²) in [6.45, 7) is 4.67. The summed E-state index contributed by atoms with van der Waals surface area (Å²) in [5, 5.41) is 4.31. The lowest BCUT2D eigenvalue weighted by Crippen LogP contribution is -2.33. The lowest BCUT2D eigenvalue weighted by atomic mass is 10.2. The number of hydroxylamine groups is 1. The van der Waals surface area contributed by atoms with Gasteiger partial charge < -0.3 is 29.6 Å². The first kappa shape index (κ1) is 25.2. The van der Waals surface area contributed by atoms with Gasteiger partial charge in [-0.1, -0.05) is 30.3 Å². The minimum absolute atomic E-state index is 0.0237. The van der Waals surface area contributed by atoms with Crippen LogP contribution < -0.4 is 21.7 Å². The topological polar surface area (TPSA) is 150 Å². The molecule has 1 aliphatic heterocycles. The molecule has 0 fully saturated rings. The number of benzene rings is 1. The minimum Gasteiger partial charge on any atom is -0.374 e. The van der Waals surface area contributed by atoms with E-state index >= 15 is 0 Å². The number of nitrogen functional groups attached to an aromatic ring is 1. The zero-order chi connectivity index (χ0) is 23.7. The van der Waals surface area contributed by atoms with E-state index in [0.29, 0.717) is 6.61 Å². The highest BCUT2D eigenvalue weighted by Gasteiger charge is 2.29. The maximum atomic E-state index is 12.8. The number of aromatic nitrogens is 2. The van der Waals surface area contributed by atoms with E-state index in [4.69, 9.17) is 29.1 Å². The first-order valence-electron chi connectivity index (χ1n) is 10.6. The second-order valence-corrected chi connectivity index (χ2v) is 9.02. The fourth-order valence-electron chi connectivity index (χ4n) is 3.05. The van der Waals surface area contributed by atoms with Gasteiger partial charge in [0.05, 0.1) is 26.4 Å². The maximum absolute atomic E-state index is 12.8. The molecule has 0 bridgehead atoms. The SMILES string of the molecule is CCOP(=O)(COC(COCc1ccccc1)CON1CNc2c1nc(N)[nH]c2=O)OCC. The molecule has 1 aliphatic rings. The van der Waals surface area contributed by atoms with Crippen LogP contribution in [0.25, 0.3) is 0 Å². The number of nitrogens with one attached hydrogen (secondary N) is 2. The van der Waals surface area contributed by atoms with Crippen molar-refractivity contribution in [1.29, 1.82) is 0 Å². The molecule has 0 saturated carbocycles. The van der Waals surface area contributed by atoms with Gasteiger partial charge in [0.2, 0.25) is 5.95 Å². The number of hydrogen-bond acceptors (Lipinski definition) is 11. The van der Waals surface area contributed by atoms with Crippen molar-refractivity contribution in [2.24, 2.45) is 0 Å². The molecule has 2 aromatic rings. The second-order valence-electron chi connectivity index (χ2n) is 7.02.